The number of benzene rings is 2. The van der Waals surface area contributed by atoms with Gasteiger partial charge in [0.1, 0.15) is 11.5 Å². The van der Waals surface area contributed by atoms with E-state index in [1.165, 1.54) is 0 Å². The van der Waals surface area contributed by atoms with E-state index < -0.39 is 0 Å². The Morgan fingerprint density at radius 1 is 0.950 bits per heavy atom. The van der Waals surface area contributed by atoms with Crippen LogP contribution < -0.4 is 9.47 Å². The third-order valence-electron chi connectivity index (χ3n) is 2.74. The van der Waals surface area contributed by atoms with Crippen molar-refractivity contribution in [1.82, 2.24) is 0 Å². The summed E-state index contributed by atoms with van der Waals surface area (Å²) >= 11 is 6.05. The van der Waals surface area contributed by atoms with E-state index in [-0.39, 0.29) is 6.61 Å². The fourth-order valence-corrected chi connectivity index (χ4v) is 1.97. The van der Waals surface area contributed by atoms with Gasteiger partial charge in [0.25, 0.3) is 0 Å². The van der Waals surface area contributed by atoms with Gasteiger partial charge in [0.15, 0.2) is 0 Å². The Bertz CT molecular complexity index is 529. The van der Waals surface area contributed by atoms with E-state index in [0.717, 1.165) is 17.7 Å². The molecule has 106 valence electrons. The van der Waals surface area contributed by atoms with Crippen molar-refractivity contribution in [3.63, 3.8) is 0 Å². The van der Waals surface area contributed by atoms with E-state index in [2.05, 4.69) is 0 Å². The van der Waals surface area contributed by atoms with Crippen molar-refractivity contribution >= 4 is 11.6 Å². The van der Waals surface area contributed by atoms with Crippen molar-refractivity contribution in [3.8, 4) is 11.5 Å². The lowest BCUT2D eigenvalue weighted by atomic mass is 10.2. The van der Waals surface area contributed by atoms with Crippen LogP contribution in [-0.4, -0.2) is 18.3 Å². The summed E-state index contributed by atoms with van der Waals surface area (Å²) in [5.41, 5.74) is 0.773. The van der Waals surface area contributed by atoms with Gasteiger partial charge in [-0.2, -0.15) is 0 Å². The maximum atomic E-state index is 8.99. The summed E-state index contributed by atoms with van der Waals surface area (Å²) in [4.78, 5) is 0. The highest BCUT2D eigenvalue weighted by molar-refractivity contribution is 6.32. The molecule has 3 nitrogen and oxygen atoms in total. The number of aliphatic hydroxyl groups is 1. The largest absolute Gasteiger partial charge is 0.493 e. The second kappa shape index (κ2) is 7.78. The second-order valence-electron chi connectivity index (χ2n) is 4.29. The van der Waals surface area contributed by atoms with Crippen LogP contribution in [0.4, 0.5) is 0 Å². The SMILES string of the molecule is OCc1ccc(OCCCOc2ccccc2)c(Cl)c1. The van der Waals surface area contributed by atoms with Gasteiger partial charge in [-0.15, -0.1) is 0 Å². The third kappa shape index (κ3) is 4.44. The average molecular weight is 293 g/mol. The van der Waals surface area contributed by atoms with E-state index in [1.54, 1.807) is 18.2 Å². The Morgan fingerprint density at radius 2 is 1.70 bits per heavy atom. The molecule has 0 bridgehead atoms. The van der Waals surface area contributed by atoms with Gasteiger partial charge in [-0.25, -0.2) is 0 Å². The molecule has 0 atom stereocenters. The normalized spacial score (nSPS) is 10.3. The van der Waals surface area contributed by atoms with Crippen LogP contribution in [0.5, 0.6) is 11.5 Å². The lowest BCUT2D eigenvalue weighted by molar-refractivity contribution is 0.247. The van der Waals surface area contributed by atoms with Crippen molar-refractivity contribution < 1.29 is 14.6 Å². The van der Waals surface area contributed by atoms with Gasteiger partial charge in [0.2, 0.25) is 0 Å². The second-order valence-corrected chi connectivity index (χ2v) is 4.69. The highest BCUT2D eigenvalue weighted by Gasteiger charge is 2.02. The van der Waals surface area contributed by atoms with Crippen molar-refractivity contribution in [1.29, 1.82) is 0 Å². The lowest BCUT2D eigenvalue weighted by Crippen LogP contribution is -2.05. The first-order valence-electron chi connectivity index (χ1n) is 6.49. The zero-order valence-electron chi connectivity index (χ0n) is 11.1. The van der Waals surface area contributed by atoms with E-state index in [0.29, 0.717) is 24.0 Å². The molecule has 0 aliphatic heterocycles. The Hall–Kier alpha value is -1.71. The topological polar surface area (TPSA) is 38.7 Å². The number of ether oxygens (including phenoxy) is 2. The first-order chi connectivity index (χ1) is 9.79. The zero-order chi connectivity index (χ0) is 14.2. The summed E-state index contributed by atoms with van der Waals surface area (Å²) in [5.74, 6) is 1.49. The summed E-state index contributed by atoms with van der Waals surface area (Å²) < 4.78 is 11.1. The molecule has 0 unspecified atom stereocenters. The van der Waals surface area contributed by atoms with Crippen LogP contribution in [0, 0.1) is 0 Å². The fourth-order valence-electron chi connectivity index (χ4n) is 1.71. The van der Waals surface area contributed by atoms with Crippen LogP contribution in [0.3, 0.4) is 0 Å². The highest BCUT2D eigenvalue weighted by Crippen LogP contribution is 2.25. The number of hydrogen-bond donors (Lipinski definition) is 1. The Kier molecular flexibility index (Phi) is 5.71. The summed E-state index contributed by atoms with van der Waals surface area (Å²) in [6.07, 6.45) is 0.771. The first-order valence-corrected chi connectivity index (χ1v) is 6.87. The van der Waals surface area contributed by atoms with Crippen LogP contribution in [0.15, 0.2) is 48.5 Å². The minimum absolute atomic E-state index is 0.0229. The molecule has 20 heavy (non-hydrogen) atoms. The van der Waals surface area contributed by atoms with E-state index >= 15 is 0 Å². The van der Waals surface area contributed by atoms with Gasteiger partial charge in [0.05, 0.1) is 24.8 Å². The Labute approximate surface area is 123 Å². The van der Waals surface area contributed by atoms with Gasteiger partial charge in [-0.05, 0) is 29.8 Å². The predicted octanol–water partition coefficient (Wildman–Crippen LogP) is 3.68. The maximum Gasteiger partial charge on any atom is 0.137 e. The summed E-state index contributed by atoms with van der Waals surface area (Å²) in [6, 6.07) is 14.9. The summed E-state index contributed by atoms with van der Waals surface area (Å²) in [5, 5.41) is 9.51. The van der Waals surface area contributed by atoms with Crippen molar-refractivity contribution in [3.05, 3.63) is 59.1 Å². The molecule has 0 radical (unpaired) electrons. The molecule has 0 aliphatic rings. The molecule has 0 aromatic heterocycles. The third-order valence-corrected chi connectivity index (χ3v) is 3.03. The summed E-state index contributed by atoms with van der Waals surface area (Å²) in [6.45, 7) is 1.10. The smallest absolute Gasteiger partial charge is 0.137 e. The molecule has 2 aromatic carbocycles. The predicted molar refractivity (Wildman–Crippen MR) is 79.4 cm³/mol. The minimum Gasteiger partial charge on any atom is -0.493 e. The van der Waals surface area contributed by atoms with Crippen molar-refractivity contribution in [2.75, 3.05) is 13.2 Å². The van der Waals surface area contributed by atoms with Crippen LogP contribution >= 0.6 is 11.6 Å². The number of aliphatic hydroxyl groups excluding tert-OH is 1. The average Bonchev–Trinajstić information content (AvgIpc) is 2.49. The lowest BCUT2D eigenvalue weighted by Gasteiger charge is -2.09. The molecule has 1 N–H and O–H groups in total. The molecular formula is C16H17ClO3. The highest BCUT2D eigenvalue weighted by atomic mass is 35.5. The monoisotopic (exact) mass is 292 g/mol. The van der Waals surface area contributed by atoms with E-state index in [1.807, 2.05) is 30.3 Å². The summed E-state index contributed by atoms with van der Waals surface area (Å²) in [7, 11) is 0. The quantitative estimate of drug-likeness (QED) is 0.791. The molecule has 0 fully saturated rings. The maximum absolute atomic E-state index is 8.99. The molecule has 0 amide bonds. The van der Waals surface area contributed by atoms with Gasteiger partial charge in [-0.1, -0.05) is 35.9 Å². The standard InChI is InChI=1S/C16H17ClO3/c17-15-11-13(12-18)7-8-16(15)20-10-4-9-19-14-5-2-1-3-6-14/h1-3,5-8,11,18H,4,9-10,12H2. The molecule has 2 rings (SSSR count). The fraction of sp³-hybridized carbons (Fsp3) is 0.250. The van der Waals surface area contributed by atoms with Crippen LogP contribution in [0.1, 0.15) is 12.0 Å². The molecule has 0 saturated carbocycles. The Balaban J connectivity index is 1.71. The molecule has 0 heterocycles. The Morgan fingerprint density at radius 3 is 2.40 bits per heavy atom. The van der Waals surface area contributed by atoms with Crippen molar-refractivity contribution in [2.45, 2.75) is 13.0 Å². The minimum atomic E-state index is -0.0229. The van der Waals surface area contributed by atoms with E-state index in [4.69, 9.17) is 26.2 Å². The number of rotatable bonds is 7. The number of halogens is 1. The van der Waals surface area contributed by atoms with Crippen molar-refractivity contribution in [2.24, 2.45) is 0 Å². The van der Waals surface area contributed by atoms with Gasteiger partial charge < -0.3 is 14.6 Å². The van der Waals surface area contributed by atoms with Gasteiger partial charge >= 0.3 is 0 Å². The van der Waals surface area contributed by atoms with Gasteiger partial charge in [0, 0.05) is 6.42 Å². The molecule has 4 heteroatoms. The zero-order valence-corrected chi connectivity index (χ0v) is 11.8. The number of para-hydroxylation sites is 1. The molecule has 0 spiro atoms. The first kappa shape index (κ1) is 14.7. The van der Waals surface area contributed by atoms with E-state index in [9.17, 15) is 0 Å². The molecular weight excluding hydrogens is 276 g/mol. The molecule has 2 aromatic rings. The van der Waals surface area contributed by atoms with Crippen LogP contribution in [0.2, 0.25) is 5.02 Å². The molecule has 0 saturated heterocycles. The van der Waals surface area contributed by atoms with Gasteiger partial charge in [-0.3, -0.25) is 0 Å². The number of hydrogen-bond acceptors (Lipinski definition) is 3. The van der Waals surface area contributed by atoms with Crippen LogP contribution in [-0.2, 0) is 6.61 Å². The molecule has 0 aliphatic carbocycles. The van der Waals surface area contributed by atoms with Crippen LogP contribution in [0.25, 0.3) is 0 Å².